The van der Waals surface area contributed by atoms with Gasteiger partial charge in [0.2, 0.25) is 5.75 Å². The Morgan fingerprint density at radius 2 is 1.41 bits per heavy atom. The van der Waals surface area contributed by atoms with Crippen molar-refractivity contribution in [1.29, 1.82) is 0 Å². The molecule has 1 spiro atoms. The molecule has 44 heavy (non-hydrogen) atoms. The smallest absolute Gasteiger partial charge is 0.203 e. The number of benzene rings is 4. The van der Waals surface area contributed by atoms with Gasteiger partial charge in [0.25, 0.3) is 0 Å². The number of carbonyl (C=O) groups excluding carboxylic acids is 3. The van der Waals surface area contributed by atoms with Crippen molar-refractivity contribution in [3.8, 4) is 17.2 Å². The van der Waals surface area contributed by atoms with E-state index in [-0.39, 0.29) is 34.4 Å². The number of carbonyl (C=O) groups is 3. The standard InChI is InChI=1S/C36H28FNO6/c1-42-27-18-17-25(32(43-2)33(27)44-3)29-30(31(39)21-12-15-22(37)16-13-21)38-26-11-7-4-8-20(26)14-19-28(38)36(29)34(40)23-9-5-6-10-24(23)35(36)41/h4-19,28-30H,1-3H3/t28-,29-,30-/m1/s1. The molecule has 0 N–H and O–H groups in total. The van der Waals surface area contributed by atoms with Crippen LogP contribution in [0, 0.1) is 11.2 Å². The van der Waals surface area contributed by atoms with Crippen molar-refractivity contribution in [3.05, 3.63) is 125 Å². The molecule has 1 saturated heterocycles. The van der Waals surface area contributed by atoms with Crippen molar-refractivity contribution in [2.24, 2.45) is 5.41 Å². The fraction of sp³-hybridized carbons (Fsp3) is 0.194. The van der Waals surface area contributed by atoms with E-state index >= 15 is 0 Å². The summed E-state index contributed by atoms with van der Waals surface area (Å²) in [5.41, 5.74) is 1.12. The molecule has 2 aliphatic heterocycles. The van der Waals surface area contributed by atoms with E-state index in [0.717, 1.165) is 5.56 Å². The SMILES string of the molecule is COc1ccc([C@@H]2[C@H](C(=O)c3ccc(F)cc3)N3c4ccccc4C=C[C@@H]3C23C(=O)c2ccccc2C3=O)c(OC)c1OC. The van der Waals surface area contributed by atoms with Gasteiger partial charge in [0.1, 0.15) is 17.3 Å². The third-order valence-electron chi connectivity index (χ3n) is 9.18. The highest BCUT2D eigenvalue weighted by Gasteiger charge is 2.72. The topological polar surface area (TPSA) is 82.1 Å². The summed E-state index contributed by atoms with van der Waals surface area (Å²) in [6, 6.07) is 21.2. The van der Waals surface area contributed by atoms with E-state index in [0.29, 0.717) is 28.1 Å². The molecule has 0 aromatic heterocycles. The van der Waals surface area contributed by atoms with E-state index in [1.165, 1.54) is 45.6 Å². The number of fused-ring (bicyclic) bond motifs is 5. The summed E-state index contributed by atoms with van der Waals surface area (Å²) in [6.45, 7) is 0. The van der Waals surface area contributed by atoms with Crippen LogP contribution in [-0.2, 0) is 0 Å². The van der Waals surface area contributed by atoms with Gasteiger partial charge >= 0.3 is 0 Å². The lowest BCUT2D eigenvalue weighted by molar-refractivity contribution is 0.0664. The van der Waals surface area contributed by atoms with Crippen LogP contribution >= 0.6 is 0 Å². The molecular weight excluding hydrogens is 561 g/mol. The first-order valence-corrected chi connectivity index (χ1v) is 14.2. The highest BCUT2D eigenvalue weighted by molar-refractivity contribution is 6.32. The molecule has 0 saturated carbocycles. The molecule has 220 valence electrons. The van der Waals surface area contributed by atoms with Gasteiger partial charge in [-0.25, -0.2) is 4.39 Å². The number of ketones is 3. The van der Waals surface area contributed by atoms with Gasteiger partial charge in [-0.1, -0.05) is 60.7 Å². The number of nitrogens with zero attached hydrogens (tertiary/aromatic N) is 1. The molecule has 4 aromatic rings. The minimum Gasteiger partial charge on any atom is -0.493 e. The van der Waals surface area contributed by atoms with Crippen LogP contribution < -0.4 is 19.1 Å². The number of ether oxygens (including phenoxy) is 3. The molecule has 0 bridgehead atoms. The molecule has 1 fully saturated rings. The normalized spacial score (nSPS) is 20.7. The Morgan fingerprint density at radius 3 is 2.05 bits per heavy atom. The molecule has 7 nitrogen and oxygen atoms in total. The number of halogens is 1. The van der Waals surface area contributed by atoms with E-state index in [1.807, 2.05) is 41.3 Å². The Balaban J connectivity index is 1.59. The molecule has 0 unspecified atom stereocenters. The van der Waals surface area contributed by atoms with E-state index in [4.69, 9.17) is 14.2 Å². The van der Waals surface area contributed by atoms with Gasteiger partial charge in [-0.05, 0) is 42.0 Å². The van der Waals surface area contributed by atoms with Crippen LogP contribution in [0.4, 0.5) is 10.1 Å². The molecule has 4 aromatic carbocycles. The summed E-state index contributed by atoms with van der Waals surface area (Å²) in [4.78, 5) is 46.4. The van der Waals surface area contributed by atoms with Crippen molar-refractivity contribution in [2.45, 2.75) is 18.0 Å². The fourth-order valence-electron chi connectivity index (χ4n) is 7.41. The molecule has 8 heteroatoms. The second-order valence-corrected chi connectivity index (χ2v) is 11.1. The maximum absolute atomic E-state index is 14.9. The summed E-state index contributed by atoms with van der Waals surface area (Å²) < 4.78 is 31.2. The largest absolute Gasteiger partial charge is 0.493 e. The van der Waals surface area contributed by atoms with Gasteiger partial charge in [-0.15, -0.1) is 0 Å². The zero-order chi connectivity index (χ0) is 30.7. The lowest BCUT2D eigenvalue weighted by Gasteiger charge is -2.37. The number of rotatable bonds is 6. The van der Waals surface area contributed by atoms with Gasteiger partial charge in [0.15, 0.2) is 28.8 Å². The lowest BCUT2D eigenvalue weighted by atomic mass is 9.64. The van der Waals surface area contributed by atoms with Crippen LogP contribution in [0.1, 0.15) is 48.1 Å². The average molecular weight is 590 g/mol. The van der Waals surface area contributed by atoms with Gasteiger partial charge < -0.3 is 19.1 Å². The maximum atomic E-state index is 14.9. The second-order valence-electron chi connectivity index (χ2n) is 11.1. The number of Topliss-reactive ketones (excluding diaryl/α,β-unsaturated/α-hetero) is 3. The maximum Gasteiger partial charge on any atom is 0.203 e. The number of hydrogen-bond donors (Lipinski definition) is 0. The number of anilines is 1. The monoisotopic (exact) mass is 589 g/mol. The van der Waals surface area contributed by atoms with E-state index in [9.17, 15) is 18.8 Å². The molecule has 7 rings (SSSR count). The molecule has 2 heterocycles. The molecule has 0 radical (unpaired) electrons. The first kappa shape index (κ1) is 27.6. The molecule has 1 aliphatic carbocycles. The van der Waals surface area contributed by atoms with Crippen LogP contribution in [-0.4, -0.2) is 50.8 Å². The van der Waals surface area contributed by atoms with Crippen molar-refractivity contribution >= 4 is 29.1 Å². The van der Waals surface area contributed by atoms with Gasteiger partial charge in [0.05, 0.1) is 27.4 Å². The van der Waals surface area contributed by atoms with Crippen LogP contribution in [0.2, 0.25) is 0 Å². The van der Waals surface area contributed by atoms with Crippen molar-refractivity contribution < 1.29 is 33.0 Å². The average Bonchev–Trinajstić information content (AvgIpc) is 3.49. The summed E-state index contributed by atoms with van der Waals surface area (Å²) in [7, 11) is 4.44. The Hall–Kier alpha value is -5.24. The number of hydrogen-bond acceptors (Lipinski definition) is 7. The first-order valence-electron chi connectivity index (χ1n) is 14.2. The molecule has 3 aliphatic rings. The second kappa shape index (κ2) is 10.2. The highest BCUT2D eigenvalue weighted by Crippen LogP contribution is 2.63. The van der Waals surface area contributed by atoms with Crippen molar-refractivity contribution in [3.63, 3.8) is 0 Å². The van der Waals surface area contributed by atoms with E-state index < -0.39 is 29.2 Å². The molecular formula is C36H28FNO6. The first-order chi connectivity index (χ1) is 21.4. The van der Waals surface area contributed by atoms with Gasteiger partial charge in [-0.2, -0.15) is 0 Å². The Labute approximate surface area is 253 Å². The van der Waals surface area contributed by atoms with Crippen LogP contribution in [0.25, 0.3) is 6.08 Å². The lowest BCUT2D eigenvalue weighted by Crippen LogP contribution is -2.48. The minimum atomic E-state index is -1.74. The number of para-hydroxylation sites is 1. The summed E-state index contributed by atoms with van der Waals surface area (Å²) in [5, 5.41) is 0. The van der Waals surface area contributed by atoms with Gasteiger partial charge in [-0.3, -0.25) is 14.4 Å². The summed E-state index contributed by atoms with van der Waals surface area (Å²) in [6.07, 6.45) is 3.75. The zero-order valence-electron chi connectivity index (χ0n) is 24.2. The van der Waals surface area contributed by atoms with Crippen LogP contribution in [0.3, 0.4) is 0 Å². The van der Waals surface area contributed by atoms with Crippen molar-refractivity contribution in [2.75, 3.05) is 26.2 Å². The highest BCUT2D eigenvalue weighted by atomic mass is 19.1. The third kappa shape index (κ3) is 3.57. The molecule has 0 amide bonds. The van der Waals surface area contributed by atoms with E-state index in [1.54, 1.807) is 36.4 Å². The Bertz CT molecular complexity index is 1850. The van der Waals surface area contributed by atoms with Crippen LogP contribution in [0.5, 0.6) is 17.2 Å². The predicted molar refractivity (Wildman–Crippen MR) is 163 cm³/mol. The summed E-state index contributed by atoms with van der Waals surface area (Å²) >= 11 is 0. The Morgan fingerprint density at radius 1 is 0.773 bits per heavy atom. The number of methoxy groups -OCH3 is 3. The predicted octanol–water partition coefficient (Wildman–Crippen LogP) is 6.17. The van der Waals surface area contributed by atoms with Crippen molar-refractivity contribution in [1.82, 2.24) is 0 Å². The van der Waals surface area contributed by atoms with Gasteiger partial charge in [0, 0.05) is 33.9 Å². The molecule has 3 atom stereocenters. The third-order valence-corrected chi connectivity index (χ3v) is 9.18. The quantitative estimate of drug-likeness (QED) is 0.197. The fourth-order valence-corrected chi connectivity index (χ4v) is 7.41. The van der Waals surface area contributed by atoms with E-state index in [2.05, 4.69) is 0 Å². The Kier molecular flexibility index (Phi) is 6.39. The zero-order valence-corrected chi connectivity index (χ0v) is 24.2. The summed E-state index contributed by atoms with van der Waals surface area (Å²) in [5.74, 6) is -1.71. The van der Waals surface area contributed by atoms with Crippen LogP contribution in [0.15, 0.2) is 91.0 Å². The minimum absolute atomic E-state index is 0.249.